The van der Waals surface area contributed by atoms with Crippen LogP contribution in [0.3, 0.4) is 0 Å². The van der Waals surface area contributed by atoms with Gasteiger partial charge in [-0.2, -0.15) is 5.10 Å². The molecule has 1 aliphatic rings. The number of nitrogens with zero attached hydrogens (tertiary/aromatic N) is 3. The summed E-state index contributed by atoms with van der Waals surface area (Å²) in [6.45, 7) is 7.53. The smallest absolute Gasteiger partial charge is 0.274 e. The zero-order chi connectivity index (χ0) is 14.7. The fraction of sp³-hybridized carbons (Fsp3) is 0.733. The maximum atomic E-state index is 12.4. The van der Waals surface area contributed by atoms with Gasteiger partial charge >= 0.3 is 0 Å². The van der Waals surface area contributed by atoms with Crippen molar-refractivity contribution >= 4 is 5.91 Å². The second-order valence-corrected chi connectivity index (χ2v) is 5.61. The first-order valence-electron chi connectivity index (χ1n) is 7.60. The molecule has 0 radical (unpaired) electrons. The van der Waals surface area contributed by atoms with Crippen molar-refractivity contribution in [3.05, 3.63) is 17.5 Å². The van der Waals surface area contributed by atoms with Crippen molar-refractivity contribution in [2.45, 2.75) is 58.6 Å². The van der Waals surface area contributed by atoms with Crippen LogP contribution in [0.25, 0.3) is 0 Å². The molecule has 2 heterocycles. The zero-order valence-electron chi connectivity index (χ0n) is 12.7. The van der Waals surface area contributed by atoms with E-state index in [2.05, 4.69) is 18.9 Å². The first-order valence-corrected chi connectivity index (χ1v) is 7.60. The highest BCUT2D eigenvalue weighted by molar-refractivity contribution is 5.92. The molecule has 5 heteroatoms. The maximum Gasteiger partial charge on any atom is 0.274 e. The van der Waals surface area contributed by atoms with Crippen molar-refractivity contribution in [1.29, 1.82) is 0 Å². The second kappa shape index (κ2) is 6.39. The molecule has 1 saturated heterocycles. The summed E-state index contributed by atoms with van der Waals surface area (Å²) >= 11 is 0. The van der Waals surface area contributed by atoms with E-state index >= 15 is 0 Å². The Kier molecular flexibility index (Phi) is 4.81. The number of piperidine rings is 1. The first kappa shape index (κ1) is 15.0. The van der Waals surface area contributed by atoms with Gasteiger partial charge in [0.15, 0.2) is 5.69 Å². The van der Waals surface area contributed by atoms with Gasteiger partial charge in [-0.1, -0.05) is 13.8 Å². The molecule has 0 saturated carbocycles. The van der Waals surface area contributed by atoms with Crippen LogP contribution in [0, 0.1) is 6.92 Å². The van der Waals surface area contributed by atoms with Crippen LogP contribution in [0.1, 0.15) is 61.8 Å². The van der Waals surface area contributed by atoms with Gasteiger partial charge in [-0.3, -0.25) is 9.48 Å². The van der Waals surface area contributed by atoms with Gasteiger partial charge in [0.2, 0.25) is 0 Å². The van der Waals surface area contributed by atoms with E-state index in [1.54, 1.807) is 4.90 Å². The van der Waals surface area contributed by atoms with E-state index in [1.807, 2.05) is 17.7 Å². The van der Waals surface area contributed by atoms with Crippen molar-refractivity contribution < 1.29 is 9.90 Å². The lowest BCUT2D eigenvalue weighted by atomic mass is 10.1. The third kappa shape index (κ3) is 3.03. The molecule has 1 aliphatic heterocycles. The molecule has 112 valence electrons. The van der Waals surface area contributed by atoms with Crippen LogP contribution in [0.15, 0.2) is 6.07 Å². The summed E-state index contributed by atoms with van der Waals surface area (Å²) < 4.78 is 1.98. The molecule has 1 aromatic heterocycles. The Labute approximate surface area is 120 Å². The fourth-order valence-electron chi connectivity index (χ4n) is 2.83. The number of aliphatic hydroxyl groups excluding tert-OH is 1. The maximum absolute atomic E-state index is 12.4. The van der Waals surface area contributed by atoms with Crippen molar-refractivity contribution in [3.63, 3.8) is 0 Å². The monoisotopic (exact) mass is 279 g/mol. The van der Waals surface area contributed by atoms with E-state index in [-0.39, 0.29) is 12.0 Å². The van der Waals surface area contributed by atoms with E-state index in [9.17, 15) is 9.90 Å². The Morgan fingerprint density at radius 3 is 2.55 bits per heavy atom. The molecule has 1 amide bonds. The Hall–Kier alpha value is -1.36. The minimum absolute atomic E-state index is 0.00953. The van der Waals surface area contributed by atoms with Gasteiger partial charge < -0.3 is 10.0 Å². The van der Waals surface area contributed by atoms with Crippen LogP contribution in [-0.4, -0.2) is 44.9 Å². The molecule has 0 spiro atoms. The molecule has 0 bridgehead atoms. The van der Waals surface area contributed by atoms with Crippen LogP contribution in [0.4, 0.5) is 0 Å². The van der Waals surface area contributed by atoms with Crippen molar-refractivity contribution in [2.24, 2.45) is 0 Å². The summed E-state index contributed by atoms with van der Waals surface area (Å²) in [5, 5.41) is 14.0. The number of likely N-dealkylation sites (tertiary alicyclic amines) is 1. The van der Waals surface area contributed by atoms with Crippen LogP contribution in [0.2, 0.25) is 0 Å². The number of hydrogen-bond acceptors (Lipinski definition) is 3. The van der Waals surface area contributed by atoms with E-state index in [0.717, 1.165) is 18.5 Å². The number of hydrogen-bond donors (Lipinski definition) is 1. The Morgan fingerprint density at radius 2 is 2.00 bits per heavy atom. The standard InChI is InChI=1S/C15H25N3O2/c1-4-12(5-2)18-11(3)10-14(16-18)15(20)17-8-6-13(19)7-9-17/h10,12-13,19H,4-9H2,1-3H3. The molecule has 0 unspecified atom stereocenters. The number of carbonyl (C=O) groups excluding carboxylic acids is 1. The van der Waals surface area contributed by atoms with Crippen LogP contribution >= 0.6 is 0 Å². The average Bonchev–Trinajstić information content (AvgIpc) is 2.83. The Bertz CT molecular complexity index is 458. The van der Waals surface area contributed by atoms with E-state index in [4.69, 9.17) is 0 Å². The minimum Gasteiger partial charge on any atom is -0.393 e. The van der Waals surface area contributed by atoms with Crippen LogP contribution < -0.4 is 0 Å². The Balaban J connectivity index is 2.13. The normalized spacial score (nSPS) is 16.9. The molecule has 1 aromatic rings. The third-order valence-electron chi connectivity index (χ3n) is 4.18. The van der Waals surface area contributed by atoms with Gasteiger partial charge in [-0.05, 0) is 38.7 Å². The number of rotatable bonds is 4. The lowest BCUT2D eigenvalue weighted by Gasteiger charge is -2.28. The number of aryl methyl sites for hydroxylation is 1. The second-order valence-electron chi connectivity index (χ2n) is 5.61. The number of carbonyl (C=O) groups is 1. The molecule has 1 fully saturated rings. The van der Waals surface area contributed by atoms with Crippen LogP contribution in [-0.2, 0) is 0 Å². The molecular formula is C15H25N3O2. The van der Waals surface area contributed by atoms with Crippen molar-refractivity contribution in [1.82, 2.24) is 14.7 Å². The zero-order valence-corrected chi connectivity index (χ0v) is 12.7. The Morgan fingerprint density at radius 1 is 1.40 bits per heavy atom. The predicted molar refractivity (Wildman–Crippen MR) is 77.7 cm³/mol. The van der Waals surface area contributed by atoms with E-state index < -0.39 is 0 Å². The van der Waals surface area contributed by atoms with E-state index in [1.165, 1.54) is 0 Å². The largest absolute Gasteiger partial charge is 0.393 e. The third-order valence-corrected chi connectivity index (χ3v) is 4.18. The lowest BCUT2D eigenvalue weighted by Crippen LogP contribution is -2.40. The lowest BCUT2D eigenvalue weighted by molar-refractivity contribution is 0.0540. The SMILES string of the molecule is CCC(CC)n1nc(C(=O)N2CCC(O)CC2)cc1C. The predicted octanol–water partition coefficient (Wildman–Crippen LogP) is 2.15. The summed E-state index contributed by atoms with van der Waals surface area (Å²) in [7, 11) is 0. The highest BCUT2D eigenvalue weighted by atomic mass is 16.3. The molecule has 1 N–H and O–H groups in total. The summed E-state index contributed by atoms with van der Waals surface area (Å²) in [5.41, 5.74) is 1.57. The highest BCUT2D eigenvalue weighted by Gasteiger charge is 2.25. The van der Waals surface area contributed by atoms with Gasteiger partial charge in [0.05, 0.1) is 12.1 Å². The molecular weight excluding hydrogens is 254 g/mol. The van der Waals surface area contributed by atoms with Crippen molar-refractivity contribution in [3.8, 4) is 0 Å². The first-order chi connectivity index (χ1) is 9.56. The van der Waals surface area contributed by atoms with Crippen molar-refractivity contribution in [2.75, 3.05) is 13.1 Å². The van der Waals surface area contributed by atoms with Gasteiger partial charge in [-0.15, -0.1) is 0 Å². The summed E-state index contributed by atoms with van der Waals surface area (Å²) in [4.78, 5) is 14.2. The molecule has 0 atom stereocenters. The van der Waals surface area contributed by atoms with Gasteiger partial charge in [0, 0.05) is 18.8 Å². The number of aliphatic hydroxyl groups is 1. The quantitative estimate of drug-likeness (QED) is 0.918. The number of amides is 1. The van der Waals surface area contributed by atoms with E-state index in [0.29, 0.717) is 37.7 Å². The summed E-state index contributed by atoms with van der Waals surface area (Å²) in [6, 6.07) is 2.24. The molecule has 20 heavy (non-hydrogen) atoms. The summed E-state index contributed by atoms with van der Waals surface area (Å²) in [5.74, 6) is -0.00953. The van der Waals surface area contributed by atoms with Gasteiger partial charge in [0.25, 0.3) is 5.91 Å². The van der Waals surface area contributed by atoms with Crippen LogP contribution in [0.5, 0.6) is 0 Å². The summed E-state index contributed by atoms with van der Waals surface area (Å²) in [6.07, 6.45) is 3.10. The number of aromatic nitrogens is 2. The minimum atomic E-state index is -0.261. The highest BCUT2D eigenvalue weighted by Crippen LogP contribution is 2.19. The topological polar surface area (TPSA) is 58.4 Å². The molecule has 5 nitrogen and oxygen atoms in total. The van der Waals surface area contributed by atoms with Gasteiger partial charge in [0.1, 0.15) is 0 Å². The average molecular weight is 279 g/mol. The van der Waals surface area contributed by atoms with Gasteiger partial charge in [-0.25, -0.2) is 0 Å². The fourth-order valence-corrected chi connectivity index (χ4v) is 2.83. The molecule has 2 rings (SSSR count). The molecule has 0 aliphatic carbocycles. The molecule has 0 aromatic carbocycles.